The van der Waals surface area contributed by atoms with Gasteiger partial charge < -0.3 is 23.8 Å². The molecule has 8 nitrogen and oxygen atoms in total. The predicted octanol–water partition coefficient (Wildman–Crippen LogP) is 17.6. The quantitative estimate of drug-likeness (QED) is 0.0368. The third-order valence-electron chi connectivity index (χ3n) is 14.0. The molecule has 2 unspecified atom stereocenters. The van der Waals surface area contributed by atoms with Gasteiger partial charge in [0, 0.05) is 19.3 Å². The van der Waals surface area contributed by atoms with Crippen LogP contribution in [0.25, 0.3) is 0 Å². The zero-order chi connectivity index (χ0) is 49.2. The normalized spacial score (nSPS) is 12.7. The smallest absolute Gasteiger partial charge is 0.362 e. The van der Waals surface area contributed by atoms with Crippen molar-refractivity contribution in [3.05, 3.63) is 0 Å². The molecule has 0 rings (SSSR count). The summed E-state index contributed by atoms with van der Waals surface area (Å²) in [6, 6.07) is -0.610. The number of carboxylic acids is 1. The number of esters is 2. The molecule has 0 amide bonds. The van der Waals surface area contributed by atoms with Crippen LogP contribution in [0.4, 0.5) is 0 Å². The second-order valence-corrected chi connectivity index (χ2v) is 21.6. The Balaban J connectivity index is 4.09. The minimum Gasteiger partial charge on any atom is -0.477 e. The average Bonchev–Trinajstić information content (AvgIpc) is 3.29. The molecule has 0 aliphatic carbocycles. The number of rotatable bonds is 55. The largest absolute Gasteiger partial charge is 0.477 e. The Morgan fingerprint density at radius 3 is 0.925 bits per heavy atom. The molecule has 0 saturated carbocycles. The Morgan fingerprint density at radius 2 is 0.657 bits per heavy atom. The number of hydrogen-bond donors (Lipinski definition) is 1. The van der Waals surface area contributed by atoms with Crippen molar-refractivity contribution in [1.29, 1.82) is 0 Å². The lowest BCUT2D eigenvalue weighted by atomic mass is 10.0. The molecule has 0 bridgehead atoms. The van der Waals surface area contributed by atoms with Crippen molar-refractivity contribution < 1.29 is 38.2 Å². The number of carbonyl (C=O) groups is 3. The van der Waals surface area contributed by atoms with Gasteiger partial charge in [-0.1, -0.05) is 277 Å². The van der Waals surface area contributed by atoms with E-state index in [0.29, 0.717) is 19.3 Å². The summed E-state index contributed by atoms with van der Waals surface area (Å²) in [6.07, 6.45) is 57.4. The molecule has 0 aliphatic heterocycles. The van der Waals surface area contributed by atoms with E-state index in [1.807, 2.05) is 21.1 Å². The molecule has 398 valence electrons. The van der Waals surface area contributed by atoms with E-state index in [1.165, 1.54) is 238 Å². The highest BCUT2D eigenvalue weighted by Gasteiger charge is 2.31. The Labute approximate surface area is 416 Å². The molecule has 0 spiro atoms. The predicted molar refractivity (Wildman–Crippen MR) is 285 cm³/mol. The van der Waals surface area contributed by atoms with Crippen LogP contribution >= 0.6 is 0 Å². The topological polar surface area (TPSA) is 99.1 Å². The maximum atomic E-state index is 12.8. The lowest BCUT2D eigenvalue weighted by Gasteiger charge is -2.31. The lowest BCUT2D eigenvalue weighted by molar-refractivity contribution is -0.887. The first-order valence-electron chi connectivity index (χ1n) is 29.6. The number of quaternary nitrogens is 1. The van der Waals surface area contributed by atoms with Crippen molar-refractivity contribution >= 4 is 17.9 Å². The van der Waals surface area contributed by atoms with Crippen LogP contribution in [0, 0.1) is 0 Å². The van der Waals surface area contributed by atoms with E-state index < -0.39 is 18.1 Å². The van der Waals surface area contributed by atoms with E-state index in [9.17, 15) is 19.5 Å². The highest BCUT2D eigenvalue weighted by Crippen LogP contribution is 2.18. The number of carboxylic acid groups (broad SMARTS) is 1. The van der Waals surface area contributed by atoms with Crippen LogP contribution < -0.4 is 0 Å². The number of likely N-dealkylation sites (N-methyl/N-ethyl adjacent to an activating group) is 1. The molecule has 0 saturated heterocycles. The molecule has 0 aromatic carbocycles. The summed E-state index contributed by atoms with van der Waals surface area (Å²) in [7, 11) is 5.56. The van der Waals surface area contributed by atoms with Gasteiger partial charge in [0.25, 0.3) is 0 Å². The molecular formula is C59H116NO7+. The summed E-state index contributed by atoms with van der Waals surface area (Å²) in [5.74, 6) is -1.43. The van der Waals surface area contributed by atoms with E-state index in [2.05, 4.69) is 13.8 Å². The molecule has 0 aromatic rings. The van der Waals surface area contributed by atoms with Crippen molar-refractivity contribution in [2.24, 2.45) is 0 Å². The van der Waals surface area contributed by atoms with E-state index in [0.717, 1.165) is 38.5 Å². The number of ether oxygens (including phenoxy) is 3. The molecule has 0 aliphatic rings. The monoisotopic (exact) mass is 951 g/mol. The third-order valence-corrected chi connectivity index (χ3v) is 14.0. The number of nitrogens with zero attached hydrogens (tertiary/aromatic N) is 1. The molecule has 0 radical (unpaired) electrons. The molecule has 0 fully saturated rings. The maximum absolute atomic E-state index is 12.8. The second kappa shape index (κ2) is 50.7. The summed E-state index contributed by atoms with van der Waals surface area (Å²) in [6.45, 7) is 4.82. The van der Waals surface area contributed by atoms with Crippen molar-refractivity contribution in [2.75, 3.05) is 41.0 Å². The van der Waals surface area contributed by atoms with Gasteiger partial charge in [0.05, 0.1) is 34.4 Å². The number of aliphatic carboxylic acids is 1. The van der Waals surface area contributed by atoms with Crippen LogP contribution in [0.3, 0.4) is 0 Å². The van der Waals surface area contributed by atoms with E-state index in [4.69, 9.17) is 14.2 Å². The van der Waals surface area contributed by atoms with E-state index >= 15 is 0 Å². The first kappa shape index (κ1) is 65.3. The first-order valence-corrected chi connectivity index (χ1v) is 29.6. The molecular weight excluding hydrogens is 835 g/mol. The van der Waals surface area contributed by atoms with Crippen molar-refractivity contribution in [3.8, 4) is 0 Å². The summed E-state index contributed by atoms with van der Waals surface area (Å²) < 4.78 is 17.4. The molecule has 0 heterocycles. The number of carbonyl (C=O) groups excluding carboxylic acids is 2. The van der Waals surface area contributed by atoms with Gasteiger partial charge in [-0.05, 0) is 12.8 Å². The minimum atomic E-state index is -0.867. The summed E-state index contributed by atoms with van der Waals surface area (Å²) in [5, 5.41) is 9.68. The highest BCUT2D eigenvalue weighted by atomic mass is 16.6. The minimum absolute atomic E-state index is 0.0408. The fraction of sp³-hybridized carbons (Fsp3) is 0.949. The van der Waals surface area contributed by atoms with Crippen LogP contribution in [0.1, 0.15) is 309 Å². The van der Waals surface area contributed by atoms with Crippen molar-refractivity contribution in [1.82, 2.24) is 0 Å². The van der Waals surface area contributed by atoms with Gasteiger partial charge in [-0.15, -0.1) is 0 Å². The zero-order valence-corrected chi connectivity index (χ0v) is 45.6. The molecule has 67 heavy (non-hydrogen) atoms. The Kier molecular flexibility index (Phi) is 49.4. The first-order chi connectivity index (χ1) is 32.6. The van der Waals surface area contributed by atoms with Gasteiger partial charge >= 0.3 is 17.9 Å². The Hall–Kier alpha value is -1.67. The van der Waals surface area contributed by atoms with Crippen LogP contribution in [0.15, 0.2) is 0 Å². The number of hydrogen-bond acceptors (Lipinski definition) is 6. The molecule has 1 N–H and O–H groups in total. The van der Waals surface area contributed by atoms with Gasteiger partial charge in [-0.25, -0.2) is 4.79 Å². The zero-order valence-electron chi connectivity index (χ0n) is 45.6. The van der Waals surface area contributed by atoms with Crippen molar-refractivity contribution in [2.45, 2.75) is 321 Å². The molecule has 0 aromatic heterocycles. The van der Waals surface area contributed by atoms with Gasteiger partial charge in [0.1, 0.15) is 6.61 Å². The summed E-state index contributed by atoms with van der Waals surface area (Å²) >= 11 is 0. The van der Waals surface area contributed by atoms with Gasteiger partial charge in [-0.2, -0.15) is 0 Å². The van der Waals surface area contributed by atoms with Crippen LogP contribution in [-0.4, -0.2) is 80.6 Å². The van der Waals surface area contributed by atoms with Crippen LogP contribution in [0.5, 0.6) is 0 Å². The van der Waals surface area contributed by atoms with Gasteiger partial charge in [0.15, 0.2) is 12.1 Å². The summed E-state index contributed by atoms with van der Waals surface area (Å²) in [5.41, 5.74) is 0. The Bertz CT molecular complexity index is 1060. The summed E-state index contributed by atoms with van der Waals surface area (Å²) in [4.78, 5) is 37.3. The van der Waals surface area contributed by atoms with Gasteiger partial charge in [-0.3, -0.25) is 9.59 Å². The average molecular weight is 952 g/mol. The third kappa shape index (κ3) is 49.1. The standard InChI is InChI=1S/C59H115NO7/c1-6-8-10-12-14-16-18-20-22-24-26-28-29-30-32-34-36-38-40-42-44-46-48-50-58(62)67-55(53-65-52-51-56(59(63)64)60(3,4)5)54-66-57(61)49-47-45-43-41-39-37-35-33-31-27-25-23-21-19-17-15-13-11-9-7-2/h55-56H,6-54H2,1-5H3/p+1. The van der Waals surface area contributed by atoms with Crippen LogP contribution in [0.2, 0.25) is 0 Å². The lowest BCUT2D eigenvalue weighted by Crippen LogP contribution is -2.50. The Morgan fingerprint density at radius 1 is 0.388 bits per heavy atom. The molecule has 8 heteroatoms. The van der Waals surface area contributed by atoms with Crippen LogP contribution in [-0.2, 0) is 28.6 Å². The highest BCUT2D eigenvalue weighted by molar-refractivity contribution is 5.72. The van der Waals surface area contributed by atoms with E-state index in [1.54, 1.807) is 0 Å². The van der Waals surface area contributed by atoms with Crippen molar-refractivity contribution in [3.63, 3.8) is 0 Å². The molecule has 2 atom stereocenters. The van der Waals surface area contributed by atoms with E-state index in [-0.39, 0.29) is 36.2 Å². The SMILES string of the molecule is CCCCCCCCCCCCCCCCCCCCCCCCCC(=O)OC(COCCC(C(=O)O)[N+](C)(C)C)COC(=O)CCCCCCCCCCCCCCCCCCCCCC. The fourth-order valence-electron chi connectivity index (χ4n) is 9.45. The van der Waals surface area contributed by atoms with Gasteiger partial charge in [0.2, 0.25) is 0 Å². The fourth-order valence-corrected chi connectivity index (χ4v) is 9.45. The maximum Gasteiger partial charge on any atom is 0.362 e. The number of unbranched alkanes of at least 4 members (excludes halogenated alkanes) is 41. The second-order valence-electron chi connectivity index (χ2n) is 21.6.